The first kappa shape index (κ1) is 13.2. The molecule has 3 rings (SSSR count). The lowest BCUT2D eigenvalue weighted by atomic mass is 10.1. The molecule has 1 aromatic carbocycles. The fraction of sp³-hybridized carbons (Fsp3) is 0.188. The van der Waals surface area contributed by atoms with Gasteiger partial charge in [0.05, 0.1) is 12.8 Å². The standard InChI is InChI=1S/C16H15BrN2O/c1-10-4-5-15(20-3)13(6-10)14-9-19-8-12(17)7-11(2)16(19)18-14/h4-9H,1-3H3. The number of aryl methyl sites for hydroxylation is 2. The quantitative estimate of drug-likeness (QED) is 0.696. The van der Waals surface area contributed by atoms with E-state index in [1.54, 1.807) is 7.11 Å². The minimum absolute atomic E-state index is 0.843. The predicted molar refractivity (Wildman–Crippen MR) is 84.4 cm³/mol. The average Bonchev–Trinajstić information content (AvgIpc) is 2.82. The minimum atomic E-state index is 0.843. The summed E-state index contributed by atoms with van der Waals surface area (Å²) < 4.78 is 8.53. The summed E-state index contributed by atoms with van der Waals surface area (Å²) in [5.74, 6) is 0.843. The molecule has 0 saturated heterocycles. The summed E-state index contributed by atoms with van der Waals surface area (Å²) >= 11 is 3.52. The molecule has 102 valence electrons. The van der Waals surface area contributed by atoms with Crippen LogP contribution in [-0.4, -0.2) is 16.5 Å². The van der Waals surface area contributed by atoms with Gasteiger partial charge in [0, 0.05) is 22.4 Å². The maximum Gasteiger partial charge on any atom is 0.140 e. The van der Waals surface area contributed by atoms with Crippen LogP contribution in [0.25, 0.3) is 16.9 Å². The van der Waals surface area contributed by atoms with Crippen molar-refractivity contribution < 1.29 is 4.74 Å². The fourth-order valence-electron chi connectivity index (χ4n) is 2.38. The van der Waals surface area contributed by atoms with Gasteiger partial charge in [-0.3, -0.25) is 0 Å². The van der Waals surface area contributed by atoms with Crippen molar-refractivity contribution in [2.75, 3.05) is 7.11 Å². The Kier molecular flexibility index (Phi) is 3.26. The van der Waals surface area contributed by atoms with Crippen LogP contribution in [0.1, 0.15) is 11.1 Å². The number of imidazole rings is 1. The maximum absolute atomic E-state index is 5.45. The van der Waals surface area contributed by atoms with Crippen molar-refractivity contribution in [1.29, 1.82) is 0 Å². The molecule has 0 atom stereocenters. The van der Waals surface area contributed by atoms with E-state index in [4.69, 9.17) is 9.72 Å². The molecule has 0 fully saturated rings. The number of aromatic nitrogens is 2. The smallest absolute Gasteiger partial charge is 0.140 e. The summed E-state index contributed by atoms with van der Waals surface area (Å²) in [5, 5.41) is 0. The summed E-state index contributed by atoms with van der Waals surface area (Å²) in [4.78, 5) is 4.74. The second kappa shape index (κ2) is 4.94. The van der Waals surface area contributed by atoms with Crippen LogP contribution in [0.3, 0.4) is 0 Å². The summed E-state index contributed by atoms with van der Waals surface area (Å²) in [5.41, 5.74) is 5.23. The Morgan fingerprint density at radius 3 is 2.70 bits per heavy atom. The number of nitrogens with zero attached hydrogens (tertiary/aromatic N) is 2. The first-order valence-electron chi connectivity index (χ1n) is 6.38. The second-order valence-electron chi connectivity index (χ2n) is 4.90. The van der Waals surface area contributed by atoms with Gasteiger partial charge in [-0.2, -0.15) is 0 Å². The van der Waals surface area contributed by atoms with E-state index in [-0.39, 0.29) is 0 Å². The highest BCUT2D eigenvalue weighted by Gasteiger charge is 2.11. The Bertz CT molecular complexity index is 793. The summed E-state index contributed by atoms with van der Waals surface area (Å²) in [6, 6.07) is 8.20. The molecule has 0 N–H and O–H groups in total. The Labute approximate surface area is 126 Å². The molecule has 4 heteroatoms. The fourth-order valence-corrected chi connectivity index (χ4v) is 2.94. The van der Waals surface area contributed by atoms with Crippen molar-refractivity contribution in [3.63, 3.8) is 0 Å². The SMILES string of the molecule is COc1ccc(C)cc1-c1cn2cc(Br)cc(C)c2n1. The number of fused-ring (bicyclic) bond motifs is 1. The van der Waals surface area contributed by atoms with Gasteiger partial charge in [-0.1, -0.05) is 11.6 Å². The van der Waals surface area contributed by atoms with E-state index in [1.165, 1.54) is 5.56 Å². The molecule has 3 aromatic rings. The molecule has 0 bridgehead atoms. The highest BCUT2D eigenvalue weighted by Crippen LogP contribution is 2.31. The van der Waals surface area contributed by atoms with Gasteiger partial charge in [0.25, 0.3) is 0 Å². The lowest BCUT2D eigenvalue weighted by Crippen LogP contribution is -1.88. The Morgan fingerprint density at radius 1 is 1.15 bits per heavy atom. The average molecular weight is 331 g/mol. The molecule has 2 heterocycles. The number of hydrogen-bond donors (Lipinski definition) is 0. The molecule has 0 spiro atoms. The molecular formula is C16H15BrN2O. The van der Waals surface area contributed by atoms with Crippen molar-refractivity contribution in [1.82, 2.24) is 9.38 Å². The maximum atomic E-state index is 5.45. The van der Waals surface area contributed by atoms with Gasteiger partial charge in [0.2, 0.25) is 0 Å². The van der Waals surface area contributed by atoms with E-state index in [1.807, 2.05) is 28.9 Å². The molecular weight excluding hydrogens is 316 g/mol. The van der Waals surface area contributed by atoms with Crippen molar-refractivity contribution in [2.24, 2.45) is 0 Å². The molecule has 2 aromatic heterocycles. The lowest BCUT2D eigenvalue weighted by molar-refractivity contribution is 0.416. The second-order valence-corrected chi connectivity index (χ2v) is 5.82. The normalized spacial score (nSPS) is 11.0. The zero-order valence-electron chi connectivity index (χ0n) is 11.6. The van der Waals surface area contributed by atoms with Crippen LogP contribution < -0.4 is 4.74 Å². The van der Waals surface area contributed by atoms with Crippen LogP contribution >= 0.6 is 15.9 Å². The molecule has 20 heavy (non-hydrogen) atoms. The zero-order valence-corrected chi connectivity index (χ0v) is 13.2. The first-order valence-corrected chi connectivity index (χ1v) is 7.17. The highest BCUT2D eigenvalue weighted by molar-refractivity contribution is 9.10. The van der Waals surface area contributed by atoms with E-state index in [9.17, 15) is 0 Å². The van der Waals surface area contributed by atoms with Crippen LogP contribution in [0.5, 0.6) is 5.75 Å². The number of rotatable bonds is 2. The molecule has 3 nitrogen and oxygen atoms in total. The molecule has 0 unspecified atom stereocenters. The van der Waals surface area contributed by atoms with Gasteiger partial charge in [-0.25, -0.2) is 4.98 Å². The third-order valence-corrected chi connectivity index (χ3v) is 3.77. The Balaban J connectivity index is 2.25. The number of hydrogen-bond acceptors (Lipinski definition) is 2. The van der Waals surface area contributed by atoms with E-state index in [0.29, 0.717) is 0 Å². The Hall–Kier alpha value is -1.81. The van der Waals surface area contributed by atoms with E-state index >= 15 is 0 Å². The van der Waals surface area contributed by atoms with Crippen LogP contribution in [0.15, 0.2) is 41.1 Å². The number of halogens is 1. The van der Waals surface area contributed by atoms with Gasteiger partial charge in [-0.05, 0) is 53.5 Å². The first-order chi connectivity index (χ1) is 9.58. The molecule has 0 amide bonds. The molecule has 0 saturated carbocycles. The molecule has 0 radical (unpaired) electrons. The predicted octanol–water partition coefficient (Wildman–Crippen LogP) is 4.39. The number of ether oxygens (including phenoxy) is 1. The van der Waals surface area contributed by atoms with Gasteiger partial charge in [0.15, 0.2) is 0 Å². The third kappa shape index (κ3) is 2.20. The Morgan fingerprint density at radius 2 is 1.95 bits per heavy atom. The van der Waals surface area contributed by atoms with Crippen LogP contribution in [-0.2, 0) is 0 Å². The van der Waals surface area contributed by atoms with Crippen molar-refractivity contribution in [3.05, 3.63) is 52.3 Å². The topological polar surface area (TPSA) is 26.5 Å². The number of methoxy groups -OCH3 is 1. The molecule has 0 aliphatic heterocycles. The van der Waals surface area contributed by atoms with Gasteiger partial charge in [0.1, 0.15) is 11.4 Å². The van der Waals surface area contributed by atoms with E-state index in [2.05, 4.69) is 41.9 Å². The van der Waals surface area contributed by atoms with Crippen molar-refractivity contribution in [3.8, 4) is 17.0 Å². The van der Waals surface area contributed by atoms with Crippen LogP contribution in [0.2, 0.25) is 0 Å². The number of benzene rings is 1. The largest absolute Gasteiger partial charge is 0.496 e. The molecule has 0 aliphatic carbocycles. The van der Waals surface area contributed by atoms with Crippen LogP contribution in [0.4, 0.5) is 0 Å². The van der Waals surface area contributed by atoms with Gasteiger partial charge >= 0.3 is 0 Å². The third-order valence-electron chi connectivity index (χ3n) is 3.33. The monoisotopic (exact) mass is 330 g/mol. The number of pyridine rings is 1. The van der Waals surface area contributed by atoms with Gasteiger partial charge in [-0.15, -0.1) is 0 Å². The van der Waals surface area contributed by atoms with E-state index < -0.39 is 0 Å². The summed E-state index contributed by atoms with van der Waals surface area (Å²) in [6.07, 6.45) is 4.05. The minimum Gasteiger partial charge on any atom is -0.496 e. The lowest BCUT2D eigenvalue weighted by Gasteiger charge is -2.06. The highest BCUT2D eigenvalue weighted by atomic mass is 79.9. The van der Waals surface area contributed by atoms with Crippen molar-refractivity contribution >= 4 is 21.6 Å². The van der Waals surface area contributed by atoms with Gasteiger partial charge < -0.3 is 9.14 Å². The van der Waals surface area contributed by atoms with Crippen LogP contribution in [0, 0.1) is 13.8 Å². The summed E-state index contributed by atoms with van der Waals surface area (Å²) in [7, 11) is 1.69. The van der Waals surface area contributed by atoms with E-state index in [0.717, 1.165) is 32.7 Å². The molecule has 0 aliphatic rings. The zero-order chi connectivity index (χ0) is 14.3. The summed E-state index contributed by atoms with van der Waals surface area (Å²) in [6.45, 7) is 4.13. The van der Waals surface area contributed by atoms with Crippen molar-refractivity contribution in [2.45, 2.75) is 13.8 Å².